The molecule has 40 heavy (non-hydrogen) atoms. The van der Waals surface area contributed by atoms with Crippen molar-refractivity contribution in [3.8, 4) is 5.75 Å². The van der Waals surface area contributed by atoms with Crippen LogP contribution in [0.25, 0.3) is 0 Å². The number of nitrogens with zero attached hydrogens (tertiary/aromatic N) is 2. The molecule has 3 aliphatic rings. The van der Waals surface area contributed by atoms with Crippen LogP contribution in [0.1, 0.15) is 71.2 Å². The maximum atomic E-state index is 12.4. The highest BCUT2D eigenvalue weighted by molar-refractivity contribution is 6.00. The van der Waals surface area contributed by atoms with Crippen molar-refractivity contribution in [2.24, 2.45) is 0 Å². The molecule has 2 N–H and O–H groups in total. The molecule has 7 nitrogen and oxygen atoms in total. The van der Waals surface area contributed by atoms with Gasteiger partial charge in [0.25, 0.3) is 0 Å². The van der Waals surface area contributed by atoms with Gasteiger partial charge >= 0.3 is 0 Å². The first-order valence-electron chi connectivity index (χ1n) is 14.3. The van der Waals surface area contributed by atoms with E-state index < -0.39 is 12.3 Å². The molecule has 0 saturated carbocycles. The number of aliphatic hydroxyl groups is 1. The van der Waals surface area contributed by atoms with Crippen LogP contribution >= 0.6 is 0 Å². The number of fused-ring (bicyclic) bond motifs is 1. The Labute approximate surface area is 235 Å². The number of carbonyl (C=O) groups is 2. The van der Waals surface area contributed by atoms with Gasteiger partial charge in [0.1, 0.15) is 18.6 Å². The lowest BCUT2D eigenvalue weighted by molar-refractivity contribution is -0.141. The van der Waals surface area contributed by atoms with E-state index in [-0.39, 0.29) is 18.2 Å². The van der Waals surface area contributed by atoms with E-state index >= 15 is 0 Å². The molecule has 3 aliphatic heterocycles. The van der Waals surface area contributed by atoms with E-state index in [0.29, 0.717) is 31.2 Å². The first kappa shape index (κ1) is 26.7. The second kappa shape index (κ2) is 11.5. The number of benzene rings is 3. The Kier molecular flexibility index (Phi) is 7.69. The quantitative estimate of drug-likeness (QED) is 0.429. The zero-order valence-electron chi connectivity index (χ0n) is 23.0. The van der Waals surface area contributed by atoms with E-state index in [9.17, 15) is 14.7 Å². The molecule has 2 fully saturated rings. The highest BCUT2D eigenvalue weighted by Gasteiger charge is 2.40. The molecule has 3 heterocycles. The van der Waals surface area contributed by atoms with E-state index in [4.69, 9.17) is 4.74 Å². The summed E-state index contributed by atoms with van der Waals surface area (Å²) in [6.07, 6.45) is 2.19. The summed E-state index contributed by atoms with van der Waals surface area (Å²) in [6, 6.07) is 22.7. The van der Waals surface area contributed by atoms with E-state index in [1.807, 2.05) is 18.2 Å². The largest absolute Gasteiger partial charge is 0.489 e. The van der Waals surface area contributed by atoms with Crippen molar-refractivity contribution in [3.05, 3.63) is 100 Å². The van der Waals surface area contributed by atoms with Crippen LogP contribution in [0.4, 0.5) is 0 Å². The second-order valence-corrected chi connectivity index (χ2v) is 11.4. The van der Waals surface area contributed by atoms with Gasteiger partial charge < -0.3 is 9.84 Å². The maximum absolute atomic E-state index is 12.4. The second-order valence-electron chi connectivity index (χ2n) is 11.4. The SMILES string of the molecule is Cc1cccc(C2CCN(Cc3ccc(COc4cccc5c4CN(C4CCC(=O)NC4=O)C5O)cc3)CC2)c1. The zero-order chi connectivity index (χ0) is 27.6. The van der Waals surface area contributed by atoms with Crippen LogP contribution in [0.15, 0.2) is 66.7 Å². The first-order valence-corrected chi connectivity index (χ1v) is 14.3. The van der Waals surface area contributed by atoms with Crippen LogP contribution in [0.3, 0.4) is 0 Å². The number of ether oxygens (including phenoxy) is 1. The molecule has 2 amide bonds. The summed E-state index contributed by atoms with van der Waals surface area (Å²) in [6.45, 7) is 6.18. The number of likely N-dealkylation sites (tertiary alicyclic amines) is 1. The number of hydrogen-bond donors (Lipinski definition) is 2. The maximum Gasteiger partial charge on any atom is 0.244 e. The van der Waals surface area contributed by atoms with E-state index in [1.54, 1.807) is 4.90 Å². The summed E-state index contributed by atoms with van der Waals surface area (Å²) in [5, 5.41) is 13.3. The van der Waals surface area contributed by atoms with Gasteiger partial charge in [0.2, 0.25) is 11.8 Å². The predicted molar refractivity (Wildman–Crippen MR) is 152 cm³/mol. The molecule has 0 aromatic heterocycles. The molecule has 3 aromatic rings. The van der Waals surface area contributed by atoms with Crippen molar-refractivity contribution in [2.75, 3.05) is 13.1 Å². The Morgan fingerprint density at radius 3 is 2.45 bits per heavy atom. The van der Waals surface area contributed by atoms with Crippen molar-refractivity contribution in [2.45, 2.75) is 70.5 Å². The average molecular weight is 540 g/mol. The number of carbonyl (C=O) groups excluding carboxylic acids is 2. The van der Waals surface area contributed by atoms with E-state index in [1.165, 1.54) is 29.5 Å². The lowest BCUT2D eigenvalue weighted by Gasteiger charge is -2.32. The molecule has 0 radical (unpaired) electrons. The molecule has 208 valence electrons. The molecule has 3 aromatic carbocycles. The van der Waals surface area contributed by atoms with Crippen LogP contribution in [0.5, 0.6) is 5.75 Å². The fourth-order valence-corrected chi connectivity index (χ4v) is 6.36. The number of nitrogens with one attached hydrogen (secondary N) is 1. The van der Waals surface area contributed by atoms with Gasteiger partial charge in [-0.25, -0.2) is 0 Å². The Hall–Kier alpha value is -3.52. The van der Waals surface area contributed by atoms with Gasteiger partial charge in [0, 0.05) is 30.6 Å². The fourth-order valence-electron chi connectivity index (χ4n) is 6.36. The summed E-state index contributed by atoms with van der Waals surface area (Å²) in [5.74, 6) is 0.769. The molecule has 0 bridgehead atoms. The summed E-state index contributed by atoms with van der Waals surface area (Å²) < 4.78 is 6.21. The van der Waals surface area contributed by atoms with Crippen molar-refractivity contribution in [1.82, 2.24) is 15.1 Å². The number of aryl methyl sites for hydroxylation is 1. The van der Waals surface area contributed by atoms with Gasteiger partial charge in [0.05, 0.1) is 6.04 Å². The van der Waals surface area contributed by atoms with Gasteiger partial charge in [-0.1, -0.05) is 66.2 Å². The van der Waals surface area contributed by atoms with Gasteiger partial charge in [0.15, 0.2) is 0 Å². The molecular weight excluding hydrogens is 502 g/mol. The number of imide groups is 1. The van der Waals surface area contributed by atoms with Crippen molar-refractivity contribution in [3.63, 3.8) is 0 Å². The molecule has 2 saturated heterocycles. The highest BCUT2D eigenvalue weighted by atomic mass is 16.5. The highest BCUT2D eigenvalue weighted by Crippen LogP contribution is 2.40. The zero-order valence-corrected chi connectivity index (χ0v) is 23.0. The Morgan fingerprint density at radius 2 is 1.70 bits per heavy atom. The number of rotatable bonds is 7. The normalized spacial score (nSPS) is 22.2. The van der Waals surface area contributed by atoms with Crippen LogP contribution in [0.2, 0.25) is 0 Å². The van der Waals surface area contributed by atoms with Crippen LogP contribution < -0.4 is 10.1 Å². The summed E-state index contributed by atoms with van der Waals surface area (Å²) >= 11 is 0. The number of hydrogen-bond acceptors (Lipinski definition) is 6. The molecule has 2 unspecified atom stereocenters. The summed E-state index contributed by atoms with van der Waals surface area (Å²) in [5.41, 5.74) is 6.86. The lowest BCUT2D eigenvalue weighted by atomic mass is 9.88. The predicted octanol–water partition coefficient (Wildman–Crippen LogP) is 4.57. The molecule has 0 spiro atoms. The Bertz CT molecular complexity index is 1380. The minimum Gasteiger partial charge on any atom is -0.489 e. The third kappa shape index (κ3) is 5.68. The number of amides is 2. The van der Waals surface area contributed by atoms with Crippen molar-refractivity contribution < 1.29 is 19.4 Å². The standard InChI is InChI=1S/C33H37N3O4/c1-22-4-2-5-26(18-22)25-14-16-35(17-15-25)19-23-8-10-24(11-9-23)21-40-30-7-3-6-27-28(30)20-36(33(27)39)29-12-13-31(37)34-32(29)38/h2-11,18,25,29,33,39H,12-17,19-21H2,1H3,(H,34,37,38). The van der Waals surface area contributed by atoms with E-state index in [2.05, 4.69) is 65.7 Å². The minimum atomic E-state index is -0.899. The molecular formula is C33H37N3O4. The number of piperidine rings is 2. The molecule has 7 heteroatoms. The number of aliphatic hydroxyl groups excluding tert-OH is 1. The smallest absolute Gasteiger partial charge is 0.244 e. The van der Waals surface area contributed by atoms with Crippen LogP contribution in [-0.2, 0) is 29.3 Å². The Morgan fingerprint density at radius 1 is 0.950 bits per heavy atom. The van der Waals surface area contributed by atoms with Gasteiger partial charge in [-0.2, -0.15) is 0 Å². The van der Waals surface area contributed by atoms with Gasteiger partial charge in [-0.3, -0.25) is 24.7 Å². The third-order valence-electron chi connectivity index (χ3n) is 8.64. The molecule has 6 rings (SSSR count). The monoisotopic (exact) mass is 539 g/mol. The lowest BCUT2D eigenvalue weighted by Crippen LogP contribution is -2.51. The first-order chi connectivity index (χ1) is 19.4. The fraction of sp³-hybridized carbons (Fsp3) is 0.394. The van der Waals surface area contributed by atoms with Crippen molar-refractivity contribution in [1.29, 1.82) is 0 Å². The summed E-state index contributed by atoms with van der Waals surface area (Å²) in [7, 11) is 0. The van der Waals surface area contributed by atoms with Crippen molar-refractivity contribution >= 4 is 11.8 Å². The van der Waals surface area contributed by atoms with Gasteiger partial charge in [-0.05, 0) is 68.0 Å². The topological polar surface area (TPSA) is 82.1 Å². The average Bonchev–Trinajstić information content (AvgIpc) is 3.29. The Balaban J connectivity index is 1.03. The summed E-state index contributed by atoms with van der Waals surface area (Å²) in [4.78, 5) is 28.3. The van der Waals surface area contributed by atoms with E-state index in [0.717, 1.165) is 36.3 Å². The van der Waals surface area contributed by atoms with Crippen LogP contribution in [-0.4, -0.2) is 45.9 Å². The third-order valence-corrected chi connectivity index (χ3v) is 8.64. The minimum absolute atomic E-state index is 0.259. The molecule has 2 atom stereocenters. The molecule has 0 aliphatic carbocycles. The van der Waals surface area contributed by atoms with Gasteiger partial charge in [-0.15, -0.1) is 0 Å². The van der Waals surface area contributed by atoms with Crippen LogP contribution in [0, 0.1) is 6.92 Å².